The predicted molar refractivity (Wildman–Crippen MR) is 124 cm³/mol. The molecule has 3 heterocycles. The number of aromatic nitrogens is 3. The van der Waals surface area contributed by atoms with Crippen molar-refractivity contribution in [1.29, 1.82) is 0 Å². The fourth-order valence-electron chi connectivity index (χ4n) is 4.78. The maximum Gasteiger partial charge on any atom is 0.150 e. The molecule has 1 fully saturated rings. The monoisotopic (exact) mass is 424 g/mol. The van der Waals surface area contributed by atoms with Gasteiger partial charge in [-0.15, -0.1) is 0 Å². The van der Waals surface area contributed by atoms with Crippen molar-refractivity contribution >= 4 is 17.4 Å². The summed E-state index contributed by atoms with van der Waals surface area (Å²) in [4.78, 5) is 9.34. The van der Waals surface area contributed by atoms with Crippen LogP contribution in [0.1, 0.15) is 41.8 Å². The Labute approximate surface area is 186 Å². The number of imidazole rings is 1. The number of nitrogens with two attached hydrogens (primary N) is 1. The first-order valence-electron chi connectivity index (χ1n) is 11.0. The zero-order valence-electron chi connectivity index (χ0n) is 17.6. The average molecular weight is 425 g/mol. The second-order valence-corrected chi connectivity index (χ2v) is 8.63. The van der Waals surface area contributed by atoms with E-state index in [1.807, 2.05) is 30.5 Å². The van der Waals surface area contributed by atoms with Gasteiger partial charge in [-0.25, -0.2) is 9.97 Å². The summed E-state index contributed by atoms with van der Waals surface area (Å²) in [5.74, 6) is 2.94. The number of anilines is 1. The van der Waals surface area contributed by atoms with E-state index in [1.165, 1.54) is 0 Å². The van der Waals surface area contributed by atoms with Crippen molar-refractivity contribution in [2.24, 2.45) is 5.92 Å². The number of fused-ring (bicyclic) bond motifs is 2. The highest BCUT2D eigenvalue weighted by molar-refractivity contribution is 5.86. The van der Waals surface area contributed by atoms with Gasteiger partial charge in [-0.3, -0.25) is 4.40 Å². The Morgan fingerprint density at radius 1 is 1.12 bits per heavy atom. The number of nitrogen functional groups attached to an aromatic ring is 1. The van der Waals surface area contributed by atoms with Crippen LogP contribution in [0.5, 0.6) is 5.75 Å². The van der Waals surface area contributed by atoms with Crippen LogP contribution in [0.25, 0.3) is 22.9 Å². The number of nitrogens with zero attached hydrogens (tertiary/aromatic N) is 3. The third kappa shape index (κ3) is 3.07. The van der Waals surface area contributed by atoms with Crippen molar-refractivity contribution in [3.05, 3.63) is 84.0 Å². The van der Waals surface area contributed by atoms with Gasteiger partial charge in [0.2, 0.25) is 0 Å². The molecule has 0 bridgehead atoms. The number of aliphatic hydroxyl groups excluding tert-OH is 1. The van der Waals surface area contributed by atoms with Crippen molar-refractivity contribution in [1.82, 2.24) is 14.4 Å². The van der Waals surface area contributed by atoms with Gasteiger partial charge in [0.1, 0.15) is 34.7 Å². The Kier molecular flexibility index (Phi) is 4.47. The summed E-state index contributed by atoms with van der Waals surface area (Å²) in [5.41, 5.74) is 11.0. The molecule has 2 aromatic heterocycles. The van der Waals surface area contributed by atoms with Crippen molar-refractivity contribution in [3.63, 3.8) is 0 Å². The third-order valence-corrected chi connectivity index (χ3v) is 6.59. The SMILES string of the molecule is Nc1nccn2c(C3CC(CO)C3)nc(-c3ccc4c(c3)O[C@@H](c3ccccc3)C=C4)c12. The molecule has 1 aliphatic carbocycles. The lowest BCUT2D eigenvalue weighted by molar-refractivity contribution is 0.138. The first-order chi connectivity index (χ1) is 15.7. The second kappa shape index (κ2) is 7.50. The fourth-order valence-corrected chi connectivity index (χ4v) is 4.78. The Balaban J connectivity index is 1.41. The molecule has 0 unspecified atom stereocenters. The van der Waals surface area contributed by atoms with Crippen LogP contribution >= 0.6 is 0 Å². The van der Waals surface area contributed by atoms with Gasteiger partial charge in [0, 0.05) is 36.0 Å². The van der Waals surface area contributed by atoms with Gasteiger partial charge in [-0.1, -0.05) is 48.5 Å². The molecule has 0 radical (unpaired) electrons. The van der Waals surface area contributed by atoms with Crippen LogP contribution in [0.4, 0.5) is 5.82 Å². The Morgan fingerprint density at radius 2 is 1.97 bits per heavy atom. The van der Waals surface area contributed by atoms with Crippen LogP contribution in [0.15, 0.2) is 67.0 Å². The first-order valence-corrected chi connectivity index (χ1v) is 11.0. The molecule has 160 valence electrons. The van der Waals surface area contributed by atoms with E-state index in [-0.39, 0.29) is 12.7 Å². The molecule has 1 aliphatic heterocycles. The number of hydrogen-bond donors (Lipinski definition) is 2. The summed E-state index contributed by atoms with van der Waals surface area (Å²) < 4.78 is 8.40. The number of aliphatic hydroxyl groups is 1. The van der Waals surface area contributed by atoms with E-state index in [0.717, 1.165) is 52.3 Å². The molecule has 6 heteroatoms. The number of hydrogen-bond acceptors (Lipinski definition) is 5. The van der Waals surface area contributed by atoms with E-state index < -0.39 is 0 Å². The highest BCUT2D eigenvalue weighted by Gasteiger charge is 2.34. The minimum atomic E-state index is -0.120. The van der Waals surface area contributed by atoms with Gasteiger partial charge in [0.15, 0.2) is 0 Å². The van der Waals surface area contributed by atoms with E-state index in [0.29, 0.717) is 17.7 Å². The molecule has 1 atom stereocenters. The molecule has 2 aromatic carbocycles. The highest BCUT2D eigenvalue weighted by Crippen LogP contribution is 2.43. The lowest BCUT2D eigenvalue weighted by Gasteiger charge is -2.33. The standard InChI is InChI=1S/C26H24N4O2/c27-25-24-23(29-26(30(24)11-10-28-25)20-12-16(13-20)15-31)19-7-6-18-8-9-21(32-22(18)14-19)17-4-2-1-3-5-17/h1-11,14,16,20-21,31H,12-13,15H2,(H2,27,28)/t16?,20?,21-/m1/s1. The van der Waals surface area contributed by atoms with Gasteiger partial charge >= 0.3 is 0 Å². The van der Waals surface area contributed by atoms with E-state index >= 15 is 0 Å². The lowest BCUT2D eigenvalue weighted by atomic mass is 9.75. The summed E-state index contributed by atoms with van der Waals surface area (Å²) in [7, 11) is 0. The molecule has 2 aliphatic rings. The molecule has 3 N–H and O–H groups in total. The fraction of sp³-hybridized carbons (Fsp3) is 0.231. The number of ether oxygens (including phenoxy) is 1. The molecule has 0 spiro atoms. The van der Waals surface area contributed by atoms with E-state index in [9.17, 15) is 5.11 Å². The van der Waals surface area contributed by atoms with Crippen molar-refractivity contribution in [3.8, 4) is 17.0 Å². The molecule has 4 aromatic rings. The maximum atomic E-state index is 9.43. The molecule has 1 saturated carbocycles. The smallest absolute Gasteiger partial charge is 0.150 e. The molecule has 6 rings (SSSR count). The zero-order valence-corrected chi connectivity index (χ0v) is 17.6. The van der Waals surface area contributed by atoms with E-state index in [2.05, 4.69) is 45.8 Å². The molecular weight excluding hydrogens is 400 g/mol. The summed E-state index contributed by atoms with van der Waals surface area (Å²) in [6.45, 7) is 0.231. The second-order valence-electron chi connectivity index (χ2n) is 8.63. The first kappa shape index (κ1) is 19.1. The number of benzene rings is 2. The Bertz CT molecular complexity index is 1320. The lowest BCUT2D eigenvalue weighted by Crippen LogP contribution is -2.26. The highest BCUT2D eigenvalue weighted by atomic mass is 16.5. The van der Waals surface area contributed by atoms with E-state index in [1.54, 1.807) is 6.20 Å². The zero-order chi connectivity index (χ0) is 21.7. The third-order valence-electron chi connectivity index (χ3n) is 6.59. The van der Waals surface area contributed by atoms with Crippen molar-refractivity contribution in [2.75, 3.05) is 12.3 Å². The minimum Gasteiger partial charge on any atom is -0.481 e. The van der Waals surface area contributed by atoms with Crippen LogP contribution in [0, 0.1) is 5.92 Å². The van der Waals surface area contributed by atoms with Crippen LogP contribution < -0.4 is 10.5 Å². The van der Waals surface area contributed by atoms with Crippen LogP contribution in [0.3, 0.4) is 0 Å². The topological polar surface area (TPSA) is 85.7 Å². The van der Waals surface area contributed by atoms with Crippen LogP contribution in [0.2, 0.25) is 0 Å². The molecular formula is C26H24N4O2. The summed E-state index contributed by atoms with van der Waals surface area (Å²) in [5, 5.41) is 9.43. The summed E-state index contributed by atoms with van der Waals surface area (Å²) >= 11 is 0. The average Bonchev–Trinajstić information content (AvgIpc) is 3.19. The van der Waals surface area contributed by atoms with Crippen LogP contribution in [-0.2, 0) is 0 Å². The normalized spacial score (nSPS) is 21.7. The van der Waals surface area contributed by atoms with Crippen molar-refractivity contribution in [2.45, 2.75) is 24.9 Å². The van der Waals surface area contributed by atoms with Gasteiger partial charge in [-0.05, 0) is 36.5 Å². The van der Waals surface area contributed by atoms with E-state index in [4.69, 9.17) is 15.5 Å². The largest absolute Gasteiger partial charge is 0.481 e. The maximum absolute atomic E-state index is 9.43. The van der Waals surface area contributed by atoms with Crippen molar-refractivity contribution < 1.29 is 9.84 Å². The quantitative estimate of drug-likeness (QED) is 0.500. The summed E-state index contributed by atoms with van der Waals surface area (Å²) in [6, 6.07) is 16.4. The molecule has 6 nitrogen and oxygen atoms in total. The number of rotatable bonds is 4. The minimum absolute atomic E-state index is 0.120. The summed E-state index contributed by atoms with van der Waals surface area (Å²) in [6.07, 6.45) is 9.58. The molecule has 0 saturated heterocycles. The van der Waals surface area contributed by atoms with Gasteiger partial charge in [-0.2, -0.15) is 0 Å². The van der Waals surface area contributed by atoms with Gasteiger partial charge in [0.05, 0.1) is 0 Å². The predicted octanol–water partition coefficient (Wildman–Crippen LogP) is 4.61. The molecule has 0 amide bonds. The van der Waals surface area contributed by atoms with Gasteiger partial charge < -0.3 is 15.6 Å². The van der Waals surface area contributed by atoms with Crippen LogP contribution in [-0.4, -0.2) is 26.1 Å². The molecule has 32 heavy (non-hydrogen) atoms. The Hall–Kier alpha value is -3.64. The Morgan fingerprint density at radius 3 is 2.78 bits per heavy atom. The van der Waals surface area contributed by atoms with Gasteiger partial charge in [0.25, 0.3) is 0 Å².